The van der Waals surface area contributed by atoms with Crippen molar-refractivity contribution in [3.8, 4) is 0 Å². The van der Waals surface area contributed by atoms with E-state index >= 15 is 0 Å². The molecule has 22 heavy (non-hydrogen) atoms. The van der Waals surface area contributed by atoms with E-state index in [9.17, 15) is 4.79 Å². The molecule has 1 saturated heterocycles. The lowest BCUT2D eigenvalue weighted by molar-refractivity contribution is -0.121. The van der Waals surface area contributed by atoms with Gasteiger partial charge >= 0.3 is 0 Å². The molecule has 0 unspecified atom stereocenters. The highest BCUT2D eigenvalue weighted by Gasteiger charge is 2.30. The smallest absolute Gasteiger partial charge is 0.266 e. The fourth-order valence-corrected chi connectivity index (χ4v) is 5.51. The van der Waals surface area contributed by atoms with Crippen LogP contribution in [0.2, 0.25) is 0 Å². The van der Waals surface area contributed by atoms with Crippen LogP contribution in [-0.4, -0.2) is 21.7 Å². The molecule has 1 amide bonds. The zero-order chi connectivity index (χ0) is 16.1. The number of carbonyl (C=O) groups excluding carboxylic acids is 1. The fourth-order valence-electron chi connectivity index (χ4n) is 2.31. The second-order valence-corrected chi connectivity index (χ2v) is 9.26. The van der Waals surface area contributed by atoms with Crippen molar-refractivity contribution in [2.24, 2.45) is 0 Å². The predicted molar refractivity (Wildman–Crippen MR) is 105 cm³/mol. The molecule has 2 nitrogen and oxygen atoms in total. The van der Waals surface area contributed by atoms with E-state index in [1.807, 2.05) is 13.0 Å². The number of hydrogen-bond donors (Lipinski definition) is 0. The molecule has 0 saturated carbocycles. The van der Waals surface area contributed by atoms with Crippen LogP contribution in [0.1, 0.15) is 50.0 Å². The van der Waals surface area contributed by atoms with Crippen molar-refractivity contribution in [3.05, 3.63) is 25.2 Å². The van der Waals surface area contributed by atoms with E-state index in [0.29, 0.717) is 10.9 Å². The zero-order valence-electron chi connectivity index (χ0n) is 12.9. The highest BCUT2D eigenvalue weighted by atomic mass is 79.9. The molecule has 0 N–H and O–H groups in total. The molecule has 0 spiro atoms. The summed E-state index contributed by atoms with van der Waals surface area (Å²) in [7, 11) is 0. The van der Waals surface area contributed by atoms with Gasteiger partial charge in [0.15, 0.2) is 0 Å². The number of unbranched alkanes of at least 4 members (excludes halogenated alkanes) is 3. The SMILES string of the molecule is CCCCCCc1cc(C=C2SC(=S)N(CC)C2=O)sc1Br. The third-order valence-electron chi connectivity index (χ3n) is 3.54. The molecular formula is C16H20BrNOS3. The van der Waals surface area contributed by atoms with Crippen LogP contribution >= 0.6 is 51.2 Å². The molecule has 0 bridgehead atoms. The summed E-state index contributed by atoms with van der Waals surface area (Å²) in [6.07, 6.45) is 8.13. The zero-order valence-corrected chi connectivity index (χ0v) is 16.9. The number of carbonyl (C=O) groups is 1. The molecule has 6 heteroatoms. The Hall–Kier alpha value is -0.170. The number of amides is 1. The average Bonchev–Trinajstić information content (AvgIpc) is 2.96. The highest BCUT2D eigenvalue weighted by Crippen LogP contribution is 2.36. The van der Waals surface area contributed by atoms with Gasteiger partial charge in [-0.25, -0.2) is 0 Å². The molecule has 0 aliphatic carbocycles. The van der Waals surface area contributed by atoms with Crippen molar-refractivity contribution in [3.63, 3.8) is 0 Å². The van der Waals surface area contributed by atoms with Gasteiger partial charge < -0.3 is 0 Å². The number of rotatable bonds is 7. The van der Waals surface area contributed by atoms with E-state index in [1.165, 1.54) is 46.8 Å². The maximum atomic E-state index is 12.2. The van der Waals surface area contributed by atoms with Gasteiger partial charge in [0.25, 0.3) is 5.91 Å². The van der Waals surface area contributed by atoms with Gasteiger partial charge in [-0.3, -0.25) is 9.69 Å². The third-order valence-corrected chi connectivity index (χ3v) is 6.82. The van der Waals surface area contributed by atoms with Crippen LogP contribution in [0.3, 0.4) is 0 Å². The van der Waals surface area contributed by atoms with Gasteiger partial charge in [0, 0.05) is 11.4 Å². The van der Waals surface area contributed by atoms with E-state index in [4.69, 9.17) is 12.2 Å². The maximum Gasteiger partial charge on any atom is 0.266 e. The number of hydrogen-bond acceptors (Lipinski definition) is 4. The number of thiocarbonyl (C=S) groups is 1. The molecule has 0 radical (unpaired) electrons. The molecule has 2 heterocycles. The Kier molecular flexibility index (Phi) is 7.12. The van der Waals surface area contributed by atoms with Gasteiger partial charge in [-0.2, -0.15) is 0 Å². The summed E-state index contributed by atoms with van der Waals surface area (Å²) in [4.78, 5) is 15.7. The normalized spacial score (nSPS) is 17.0. The Morgan fingerprint density at radius 1 is 1.32 bits per heavy atom. The van der Waals surface area contributed by atoms with Gasteiger partial charge in [0.1, 0.15) is 4.32 Å². The first-order chi connectivity index (χ1) is 10.6. The van der Waals surface area contributed by atoms with Gasteiger partial charge in [0.05, 0.1) is 8.69 Å². The summed E-state index contributed by atoms with van der Waals surface area (Å²) in [5, 5.41) is 0. The van der Waals surface area contributed by atoms with Gasteiger partial charge in [0.2, 0.25) is 0 Å². The second kappa shape index (κ2) is 8.62. The summed E-state index contributed by atoms with van der Waals surface area (Å²) in [5.41, 5.74) is 1.35. The Labute approximate surface area is 154 Å². The van der Waals surface area contributed by atoms with Crippen molar-refractivity contribution >= 4 is 67.6 Å². The largest absolute Gasteiger partial charge is 0.293 e. The van der Waals surface area contributed by atoms with Crippen molar-refractivity contribution in [2.45, 2.75) is 46.0 Å². The topological polar surface area (TPSA) is 20.3 Å². The van der Waals surface area contributed by atoms with Crippen LogP contribution in [0.5, 0.6) is 0 Å². The molecule has 2 rings (SSSR count). The first kappa shape index (κ1) is 18.2. The Morgan fingerprint density at radius 2 is 2.09 bits per heavy atom. The van der Waals surface area contributed by atoms with E-state index in [0.717, 1.165) is 16.2 Å². The molecule has 1 aliphatic heterocycles. The average molecular weight is 418 g/mol. The van der Waals surface area contributed by atoms with E-state index < -0.39 is 0 Å². The van der Waals surface area contributed by atoms with Crippen LogP contribution in [-0.2, 0) is 11.2 Å². The summed E-state index contributed by atoms with van der Waals surface area (Å²) in [6, 6.07) is 2.19. The lowest BCUT2D eigenvalue weighted by atomic mass is 10.1. The Morgan fingerprint density at radius 3 is 2.73 bits per heavy atom. The summed E-state index contributed by atoms with van der Waals surface area (Å²) < 4.78 is 1.84. The van der Waals surface area contributed by atoms with Crippen LogP contribution in [0, 0.1) is 0 Å². The van der Waals surface area contributed by atoms with E-state index in [1.54, 1.807) is 16.2 Å². The number of halogens is 1. The van der Waals surface area contributed by atoms with Gasteiger partial charge in [-0.1, -0.05) is 50.2 Å². The second-order valence-electron chi connectivity index (χ2n) is 5.18. The van der Waals surface area contributed by atoms with Crippen LogP contribution in [0.25, 0.3) is 6.08 Å². The van der Waals surface area contributed by atoms with E-state index in [-0.39, 0.29) is 5.91 Å². The number of aryl methyl sites for hydroxylation is 1. The predicted octanol–water partition coefficient (Wildman–Crippen LogP) is 5.85. The number of thiophene rings is 1. The molecule has 1 aromatic rings. The lowest BCUT2D eigenvalue weighted by Crippen LogP contribution is -2.27. The quantitative estimate of drug-likeness (QED) is 0.315. The molecule has 1 fully saturated rings. The maximum absolute atomic E-state index is 12.2. The lowest BCUT2D eigenvalue weighted by Gasteiger charge is -2.09. The van der Waals surface area contributed by atoms with Crippen LogP contribution < -0.4 is 0 Å². The number of nitrogens with zero attached hydrogens (tertiary/aromatic N) is 1. The van der Waals surface area contributed by atoms with Crippen LogP contribution in [0.15, 0.2) is 14.8 Å². The first-order valence-electron chi connectivity index (χ1n) is 7.60. The van der Waals surface area contributed by atoms with Crippen molar-refractivity contribution in [2.75, 3.05) is 6.54 Å². The minimum absolute atomic E-state index is 0.0338. The van der Waals surface area contributed by atoms with E-state index in [2.05, 4.69) is 28.9 Å². The molecular weight excluding hydrogens is 398 g/mol. The molecule has 120 valence electrons. The Balaban J connectivity index is 2.06. The first-order valence-corrected chi connectivity index (χ1v) is 10.4. The van der Waals surface area contributed by atoms with Gasteiger partial charge in [-0.15, -0.1) is 11.3 Å². The highest BCUT2D eigenvalue weighted by molar-refractivity contribution is 9.11. The van der Waals surface area contributed by atoms with Crippen molar-refractivity contribution in [1.29, 1.82) is 0 Å². The minimum Gasteiger partial charge on any atom is -0.293 e. The minimum atomic E-state index is 0.0338. The van der Waals surface area contributed by atoms with Crippen LogP contribution in [0.4, 0.5) is 0 Å². The molecule has 1 aromatic heterocycles. The van der Waals surface area contributed by atoms with Crippen molar-refractivity contribution < 1.29 is 4.79 Å². The molecule has 0 aromatic carbocycles. The summed E-state index contributed by atoms with van der Waals surface area (Å²) in [5.74, 6) is 0.0338. The third kappa shape index (κ3) is 4.43. The summed E-state index contributed by atoms with van der Waals surface area (Å²) in [6.45, 7) is 4.81. The molecule has 1 aliphatic rings. The number of thioether (sulfide) groups is 1. The summed E-state index contributed by atoms with van der Waals surface area (Å²) >= 11 is 12.0. The molecule has 0 atom stereocenters. The number of likely N-dealkylation sites (N-methyl/N-ethyl adjacent to an activating group) is 1. The monoisotopic (exact) mass is 417 g/mol. The van der Waals surface area contributed by atoms with Gasteiger partial charge in [-0.05, 0) is 53.4 Å². The standard InChI is InChI=1S/C16H20BrNOS3/c1-3-5-6-7-8-11-9-12(21-14(11)17)10-13-15(19)18(4-2)16(20)22-13/h9-10H,3-8H2,1-2H3. The van der Waals surface area contributed by atoms with Crippen molar-refractivity contribution in [1.82, 2.24) is 4.90 Å². The fraction of sp³-hybridized carbons (Fsp3) is 0.500. The Bertz CT molecular complexity index is 594.